The van der Waals surface area contributed by atoms with E-state index in [0.29, 0.717) is 24.4 Å². The normalized spacial score (nSPS) is 20.2. The van der Waals surface area contributed by atoms with E-state index in [1.165, 1.54) is 6.33 Å². The third kappa shape index (κ3) is 1.77. The molecule has 7 nitrogen and oxygen atoms in total. The average molecular weight is 246 g/mol. The molecule has 0 saturated carbocycles. The van der Waals surface area contributed by atoms with Crippen LogP contribution >= 0.6 is 0 Å². The summed E-state index contributed by atoms with van der Waals surface area (Å²) < 4.78 is 0. The molecule has 0 unspecified atom stereocenters. The molecule has 0 amide bonds. The zero-order valence-corrected chi connectivity index (χ0v) is 9.67. The van der Waals surface area contributed by atoms with Gasteiger partial charge in [-0.05, 0) is 12.8 Å². The minimum absolute atomic E-state index is 0.424. The summed E-state index contributed by atoms with van der Waals surface area (Å²) in [5.41, 5.74) is 1.34. The number of aromatic nitrogens is 4. The van der Waals surface area contributed by atoms with Crippen molar-refractivity contribution < 1.29 is 9.90 Å². The maximum atomic E-state index is 11.0. The first kappa shape index (κ1) is 10.9. The van der Waals surface area contributed by atoms with Crippen LogP contribution in [0.1, 0.15) is 12.8 Å². The third-order valence-electron chi connectivity index (χ3n) is 3.26. The Morgan fingerprint density at radius 3 is 3.17 bits per heavy atom. The molecule has 0 aliphatic carbocycles. The summed E-state index contributed by atoms with van der Waals surface area (Å²) >= 11 is 0. The van der Waals surface area contributed by atoms with E-state index in [1.807, 2.05) is 4.90 Å². The van der Waals surface area contributed by atoms with Crippen molar-refractivity contribution in [2.45, 2.75) is 12.8 Å². The Kier molecular flexibility index (Phi) is 2.58. The molecule has 0 aromatic carbocycles. The van der Waals surface area contributed by atoms with Crippen LogP contribution in [0.2, 0.25) is 0 Å². The van der Waals surface area contributed by atoms with Crippen molar-refractivity contribution in [1.29, 1.82) is 0 Å². The van der Waals surface area contributed by atoms with E-state index in [0.717, 1.165) is 18.5 Å². The first-order chi connectivity index (χ1) is 8.75. The van der Waals surface area contributed by atoms with Crippen LogP contribution in [0.25, 0.3) is 11.2 Å². The van der Waals surface area contributed by atoms with Crippen molar-refractivity contribution in [3.63, 3.8) is 0 Å². The molecule has 1 saturated heterocycles. The maximum Gasteiger partial charge on any atom is 0.182 e. The van der Waals surface area contributed by atoms with Crippen LogP contribution in [0.3, 0.4) is 0 Å². The number of anilines is 1. The van der Waals surface area contributed by atoms with Crippen LogP contribution < -0.4 is 10.0 Å². The highest BCUT2D eigenvalue weighted by atomic mass is 16.4. The fourth-order valence-electron chi connectivity index (χ4n) is 2.35. The van der Waals surface area contributed by atoms with Gasteiger partial charge in [-0.3, -0.25) is 0 Å². The molecule has 2 aromatic rings. The molecule has 1 N–H and O–H groups in total. The van der Waals surface area contributed by atoms with Crippen molar-refractivity contribution in [2.24, 2.45) is 5.92 Å². The molecule has 3 heterocycles. The molecule has 94 valence electrons. The molecule has 1 aliphatic rings. The summed E-state index contributed by atoms with van der Waals surface area (Å²) in [5, 5.41) is 11.0. The molecule has 1 atom stereocenters. The van der Waals surface area contributed by atoms with Gasteiger partial charge in [-0.1, -0.05) is 0 Å². The number of carbonyl (C=O) groups is 1. The molecule has 18 heavy (non-hydrogen) atoms. The van der Waals surface area contributed by atoms with E-state index in [-0.39, 0.29) is 0 Å². The lowest BCUT2D eigenvalue weighted by Crippen LogP contribution is -2.44. The number of aromatic amines is 1. The predicted octanol–water partition coefficient (Wildman–Crippen LogP) is -0.681. The number of fused-ring (bicyclic) bond motifs is 1. The Morgan fingerprint density at radius 1 is 1.44 bits per heavy atom. The number of aliphatic carboxylic acids is 1. The van der Waals surface area contributed by atoms with Crippen LogP contribution in [0.5, 0.6) is 0 Å². The van der Waals surface area contributed by atoms with Gasteiger partial charge in [0.1, 0.15) is 11.8 Å². The molecule has 0 radical (unpaired) electrons. The van der Waals surface area contributed by atoms with Gasteiger partial charge in [-0.15, -0.1) is 0 Å². The first-order valence-electron chi connectivity index (χ1n) is 5.85. The highest BCUT2D eigenvalue weighted by molar-refractivity contribution is 5.83. The summed E-state index contributed by atoms with van der Waals surface area (Å²) in [5.74, 6) is -0.718. The minimum atomic E-state index is -0.991. The molecule has 1 fully saturated rings. The number of imidazole rings is 1. The van der Waals surface area contributed by atoms with Crippen LogP contribution in [0.4, 0.5) is 5.82 Å². The Hall–Kier alpha value is -2.18. The molecule has 0 spiro atoms. The first-order valence-corrected chi connectivity index (χ1v) is 5.85. The molecule has 3 rings (SSSR count). The lowest BCUT2D eigenvalue weighted by molar-refractivity contribution is -0.311. The monoisotopic (exact) mass is 246 g/mol. The van der Waals surface area contributed by atoms with E-state index >= 15 is 0 Å². The summed E-state index contributed by atoms with van der Waals surface area (Å²) in [6, 6.07) is 0. The van der Waals surface area contributed by atoms with Crippen molar-refractivity contribution in [2.75, 3.05) is 18.0 Å². The molecule has 7 heteroatoms. The number of carboxylic acids is 1. The molecular formula is C11H12N5O2-. The van der Waals surface area contributed by atoms with E-state index < -0.39 is 11.9 Å². The van der Waals surface area contributed by atoms with Crippen molar-refractivity contribution in [1.82, 2.24) is 19.9 Å². The van der Waals surface area contributed by atoms with Gasteiger partial charge in [0.05, 0.1) is 6.33 Å². The number of nitrogens with zero attached hydrogens (tertiary/aromatic N) is 4. The molecule has 2 aromatic heterocycles. The minimum Gasteiger partial charge on any atom is -0.550 e. The lowest BCUT2D eigenvalue weighted by Gasteiger charge is -2.33. The Morgan fingerprint density at radius 2 is 2.33 bits per heavy atom. The summed E-state index contributed by atoms with van der Waals surface area (Å²) in [4.78, 5) is 28.2. The second-order valence-electron chi connectivity index (χ2n) is 4.40. The molecule has 1 aliphatic heterocycles. The quantitative estimate of drug-likeness (QED) is 0.753. The highest BCUT2D eigenvalue weighted by Gasteiger charge is 2.23. The van der Waals surface area contributed by atoms with Crippen molar-refractivity contribution in [3.05, 3.63) is 12.7 Å². The largest absolute Gasteiger partial charge is 0.550 e. The van der Waals surface area contributed by atoms with E-state index in [9.17, 15) is 9.90 Å². The zero-order chi connectivity index (χ0) is 12.5. The Balaban J connectivity index is 1.94. The summed E-state index contributed by atoms with van der Waals surface area (Å²) in [6.07, 6.45) is 4.48. The second kappa shape index (κ2) is 4.25. The third-order valence-corrected chi connectivity index (χ3v) is 3.26. The maximum absolute atomic E-state index is 11.0. The number of nitrogens with one attached hydrogen (secondary N) is 1. The van der Waals surface area contributed by atoms with Gasteiger partial charge < -0.3 is 19.8 Å². The fraction of sp³-hybridized carbons (Fsp3) is 0.455. The standard InChI is InChI=1S/C11H13N5O2/c17-11(18)7-2-1-3-16(4-7)10-8-9(13-5-12-8)14-6-15-10/h5-7H,1-4H2,(H,17,18)(H,12,13,14,15)/p-1/t7-/m1/s1. The van der Waals surface area contributed by atoms with Gasteiger partial charge in [-0.2, -0.15) is 0 Å². The van der Waals surface area contributed by atoms with Crippen LogP contribution in [0, 0.1) is 5.92 Å². The van der Waals surface area contributed by atoms with Gasteiger partial charge in [0.2, 0.25) is 0 Å². The van der Waals surface area contributed by atoms with E-state index in [4.69, 9.17) is 0 Å². The van der Waals surface area contributed by atoms with E-state index in [1.54, 1.807) is 6.33 Å². The molecular weight excluding hydrogens is 234 g/mol. The van der Waals surface area contributed by atoms with Gasteiger partial charge in [0.15, 0.2) is 11.5 Å². The zero-order valence-electron chi connectivity index (χ0n) is 9.67. The second-order valence-corrected chi connectivity index (χ2v) is 4.40. The summed E-state index contributed by atoms with van der Waals surface area (Å²) in [6.45, 7) is 1.21. The molecule has 0 bridgehead atoms. The van der Waals surface area contributed by atoms with Crippen molar-refractivity contribution >= 4 is 23.0 Å². The topological polar surface area (TPSA) is 97.8 Å². The number of carboxylic acid groups (broad SMARTS) is 1. The Labute approximate surface area is 103 Å². The SMILES string of the molecule is O=C([O-])[C@@H]1CCCN(c2ncnc3nc[nH]c23)C1. The van der Waals surface area contributed by atoms with Gasteiger partial charge in [-0.25, -0.2) is 15.0 Å². The van der Waals surface area contributed by atoms with Crippen LogP contribution in [-0.4, -0.2) is 39.0 Å². The van der Waals surface area contributed by atoms with Gasteiger partial charge in [0.25, 0.3) is 0 Å². The van der Waals surface area contributed by atoms with E-state index in [2.05, 4.69) is 19.9 Å². The van der Waals surface area contributed by atoms with Gasteiger partial charge >= 0.3 is 0 Å². The Bertz CT molecular complexity index is 582. The summed E-state index contributed by atoms with van der Waals surface area (Å²) in [7, 11) is 0. The fourth-order valence-corrected chi connectivity index (χ4v) is 2.35. The van der Waals surface area contributed by atoms with Gasteiger partial charge in [0, 0.05) is 25.0 Å². The smallest absolute Gasteiger partial charge is 0.182 e. The van der Waals surface area contributed by atoms with Crippen LogP contribution in [-0.2, 0) is 4.79 Å². The average Bonchev–Trinajstić information content (AvgIpc) is 2.87. The van der Waals surface area contributed by atoms with Crippen LogP contribution in [0.15, 0.2) is 12.7 Å². The van der Waals surface area contributed by atoms with Crippen molar-refractivity contribution in [3.8, 4) is 0 Å². The number of hydrogen-bond donors (Lipinski definition) is 1. The number of hydrogen-bond acceptors (Lipinski definition) is 6. The predicted molar refractivity (Wildman–Crippen MR) is 61.6 cm³/mol. The number of H-pyrrole nitrogens is 1. The number of rotatable bonds is 2. The lowest BCUT2D eigenvalue weighted by atomic mass is 9.98. The highest BCUT2D eigenvalue weighted by Crippen LogP contribution is 2.25. The number of carbonyl (C=O) groups excluding carboxylic acids is 1. The number of piperidine rings is 1.